The van der Waals surface area contributed by atoms with Crippen molar-refractivity contribution in [3.8, 4) is 0 Å². The van der Waals surface area contributed by atoms with Crippen molar-refractivity contribution in [3.63, 3.8) is 0 Å². The van der Waals surface area contributed by atoms with Crippen LogP contribution in [0.5, 0.6) is 0 Å². The van der Waals surface area contributed by atoms with E-state index in [0.29, 0.717) is 32.3 Å². The Morgan fingerprint density at radius 3 is 3.09 bits per heavy atom. The minimum Gasteiger partial charge on any atom is -0.376 e. The molecule has 3 rings (SSSR count). The Morgan fingerprint density at radius 1 is 1.48 bits per heavy atom. The maximum Gasteiger partial charge on any atom is 0.194 e. The molecular formula is C16H27N5O2. The van der Waals surface area contributed by atoms with Crippen molar-refractivity contribution in [1.82, 2.24) is 20.0 Å². The Labute approximate surface area is 137 Å². The van der Waals surface area contributed by atoms with Crippen molar-refractivity contribution in [1.29, 1.82) is 0 Å². The van der Waals surface area contributed by atoms with Gasteiger partial charge in [-0.3, -0.25) is 9.67 Å². The minimum atomic E-state index is 0.0779. The number of nitrogens with zero attached hydrogens (tertiary/aromatic N) is 4. The second-order valence-electron chi connectivity index (χ2n) is 6.14. The van der Waals surface area contributed by atoms with Gasteiger partial charge in [0.2, 0.25) is 0 Å². The molecule has 0 aromatic carbocycles. The van der Waals surface area contributed by atoms with Gasteiger partial charge in [0, 0.05) is 38.8 Å². The van der Waals surface area contributed by atoms with Gasteiger partial charge in [-0.15, -0.1) is 0 Å². The summed E-state index contributed by atoms with van der Waals surface area (Å²) in [4.78, 5) is 7.10. The highest BCUT2D eigenvalue weighted by Crippen LogP contribution is 2.26. The summed E-state index contributed by atoms with van der Waals surface area (Å²) in [6, 6.07) is 0. The van der Waals surface area contributed by atoms with Crippen LogP contribution in [0, 0.1) is 0 Å². The molecule has 0 spiro atoms. The average molecular weight is 321 g/mol. The number of guanidine groups is 1. The van der Waals surface area contributed by atoms with Gasteiger partial charge in [0.05, 0.1) is 32.6 Å². The smallest absolute Gasteiger partial charge is 0.194 e. The molecule has 2 saturated heterocycles. The molecular weight excluding hydrogens is 294 g/mol. The maximum atomic E-state index is 5.67. The molecule has 2 fully saturated rings. The summed E-state index contributed by atoms with van der Waals surface area (Å²) in [7, 11) is 1.97. The van der Waals surface area contributed by atoms with Crippen LogP contribution in [-0.2, 0) is 16.5 Å². The van der Waals surface area contributed by atoms with Crippen molar-refractivity contribution < 1.29 is 9.47 Å². The molecule has 2 atom stereocenters. The number of hydrogen-bond donors (Lipinski definition) is 1. The monoisotopic (exact) mass is 321 g/mol. The highest BCUT2D eigenvalue weighted by atomic mass is 16.6. The first-order valence-electron chi connectivity index (χ1n) is 8.47. The average Bonchev–Trinajstić information content (AvgIpc) is 3.21. The molecule has 7 nitrogen and oxygen atoms in total. The first kappa shape index (κ1) is 16.3. The number of hydrogen-bond acceptors (Lipinski definition) is 4. The van der Waals surface area contributed by atoms with Gasteiger partial charge in [-0.25, -0.2) is 0 Å². The van der Waals surface area contributed by atoms with E-state index in [0.717, 1.165) is 32.0 Å². The Balaban J connectivity index is 1.59. The molecule has 7 heteroatoms. The lowest BCUT2D eigenvalue weighted by molar-refractivity contribution is -0.0833. The molecule has 1 aromatic heterocycles. The second-order valence-corrected chi connectivity index (χ2v) is 6.14. The summed E-state index contributed by atoms with van der Waals surface area (Å²) in [6.07, 6.45) is 5.31. The van der Waals surface area contributed by atoms with E-state index in [4.69, 9.17) is 14.5 Å². The number of aliphatic imine (C=N–C) groups is 1. The maximum absolute atomic E-state index is 5.67. The molecule has 0 aliphatic carbocycles. The third kappa shape index (κ3) is 4.23. The third-order valence-corrected chi connectivity index (χ3v) is 4.35. The Morgan fingerprint density at radius 2 is 2.39 bits per heavy atom. The van der Waals surface area contributed by atoms with Crippen LogP contribution in [0.25, 0.3) is 0 Å². The van der Waals surface area contributed by atoms with E-state index in [1.54, 1.807) is 0 Å². The fraction of sp³-hybridized carbons (Fsp3) is 0.750. The lowest BCUT2D eigenvalue weighted by atomic mass is 10.0. The van der Waals surface area contributed by atoms with Crippen molar-refractivity contribution in [3.05, 3.63) is 18.0 Å². The van der Waals surface area contributed by atoms with Crippen molar-refractivity contribution >= 4 is 5.96 Å². The second kappa shape index (κ2) is 7.79. The predicted octanol–water partition coefficient (Wildman–Crippen LogP) is 0.590. The molecule has 1 N–H and O–H groups in total. The molecule has 1 aromatic rings. The Bertz CT molecular complexity index is 524. The largest absolute Gasteiger partial charge is 0.376 e. The molecule has 2 aliphatic rings. The Hall–Kier alpha value is -1.60. The first-order chi connectivity index (χ1) is 11.3. The van der Waals surface area contributed by atoms with Crippen LogP contribution in [0.2, 0.25) is 0 Å². The number of likely N-dealkylation sites (tertiary alicyclic amines) is 1. The van der Waals surface area contributed by atoms with E-state index in [1.165, 1.54) is 5.56 Å². The van der Waals surface area contributed by atoms with Crippen molar-refractivity contribution in [2.24, 2.45) is 12.0 Å². The zero-order valence-electron chi connectivity index (χ0n) is 14.1. The molecule has 0 radical (unpaired) electrons. The molecule has 3 heterocycles. The Kier molecular flexibility index (Phi) is 5.51. The van der Waals surface area contributed by atoms with Gasteiger partial charge in [-0.2, -0.15) is 5.10 Å². The van der Waals surface area contributed by atoms with Gasteiger partial charge in [0.15, 0.2) is 5.96 Å². The van der Waals surface area contributed by atoms with Gasteiger partial charge in [0.25, 0.3) is 0 Å². The van der Waals surface area contributed by atoms with Crippen LogP contribution in [0.4, 0.5) is 0 Å². The van der Waals surface area contributed by atoms with Crippen molar-refractivity contribution in [2.45, 2.75) is 25.4 Å². The van der Waals surface area contributed by atoms with Gasteiger partial charge in [-0.05, 0) is 18.9 Å². The van der Waals surface area contributed by atoms with E-state index in [1.807, 2.05) is 17.9 Å². The fourth-order valence-electron chi connectivity index (χ4n) is 3.13. The molecule has 0 amide bonds. The van der Waals surface area contributed by atoms with Crippen LogP contribution in [-0.4, -0.2) is 72.7 Å². The zero-order chi connectivity index (χ0) is 16.1. The van der Waals surface area contributed by atoms with E-state index >= 15 is 0 Å². The predicted molar refractivity (Wildman–Crippen MR) is 88.7 cm³/mol. The standard InChI is InChI=1S/C16H27N5O2/c1-3-17-16(18-9-15-12-22-6-7-23-15)21-5-4-13(11-21)14-8-19-20(2)10-14/h8,10,13,15H,3-7,9,11-12H2,1-2H3,(H,17,18). The van der Waals surface area contributed by atoms with Gasteiger partial charge >= 0.3 is 0 Å². The summed E-state index contributed by atoms with van der Waals surface area (Å²) < 4.78 is 13.0. The van der Waals surface area contributed by atoms with E-state index < -0.39 is 0 Å². The van der Waals surface area contributed by atoms with E-state index in [-0.39, 0.29) is 6.10 Å². The van der Waals surface area contributed by atoms with Crippen LogP contribution in [0.1, 0.15) is 24.8 Å². The van der Waals surface area contributed by atoms with Gasteiger partial charge in [0.1, 0.15) is 6.10 Å². The highest BCUT2D eigenvalue weighted by molar-refractivity contribution is 5.80. The van der Waals surface area contributed by atoms with Crippen molar-refractivity contribution in [2.75, 3.05) is 46.0 Å². The minimum absolute atomic E-state index is 0.0779. The summed E-state index contributed by atoms with van der Waals surface area (Å²) in [5.41, 5.74) is 1.31. The number of nitrogens with one attached hydrogen (secondary N) is 1. The summed E-state index contributed by atoms with van der Waals surface area (Å²) in [5, 5.41) is 7.69. The summed E-state index contributed by atoms with van der Waals surface area (Å²) in [5.74, 6) is 1.51. The lowest BCUT2D eigenvalue weighted by Gasteiger charge is -2.24. The van der Waals surface area contributed by atoms with E-state index in [2.05, 4.69) is 28.4 Å². The number of aromatic nitrogens is 2. The SMILES string of the molecule is CCNC(=NCC1COCCO1)N1CCC(c2cnn(C)c2)C1. The highest BCUT2D eigenvalue weighted by Gasteiger charge is 2.27. The normalized spacial score (nSPS) is 25.8. The fourth-order valence-corrected chi connectivity index (χ4v) is 3.13. The van der Waals surface area contributed by atoms with Crippen LogP contribution in [0.3, 0.4) is 0 Å². The van der Waals surface area contributed by atoms with E-state index in [9.17, 15) is 0 Å². The quantitative estimate of drug-likeness (QED) is 0.650. The third-order valence-electron chi connectivity index (χ3n) is 4.35. The topological polar surface area (TPSA) is 63.9 Å². The van der Waals surface area contributed by atoms with Gasteiger partial charge < -0.3 is 19.7 Å². The van der Waals surface area contributed by atoms with Crippen LogP contribution in [0.15, 0.2) is 17.4 Å². The first-order valence-corrected chi connectivity index (χ1v) is 8.47. The van der Waals surface area contributed by atoms with Crippen LogP contribution < -0.4 is 5.32 Å². The van der Waals surface area contributed by atoms with Crippen LogP contribution >= 0.6 is 0 Å². The molecule has 0 bridgehead atoms. The molecule has 128 valence electrons. The van der Waals surface area contributed by atoms with Gasteiger partial charge in [-0.1, -0.05) is 0 Å². The summed E-state index contributed by atoms with van der Waals surface area (Å²) in [6.45, 7) is 7.63. The number of aryl methyl sites for hydroxylation is 1. The lowest BCUT2D eigenvalue weighted by Crippen LogP contribution is -2.41. The summed E-state index contributed by atoms with van der Waals surface area (Å²) >= 11 is 0. The zero-order valence-corrected chi connectivity index (χ0v) is 14.1. The number of rotatable bonds is 4. The molecule has 2 unspecified atom stereocenters. The molecule has 2 aliphatic heterocycles. The number of ether oxygens (including phenoxy) is 2. The molecule has 23 heavy (non-hydrogen) atoms. The molecule has 0 saturated carbocycles.